The Hall–Kier alpha value is -0.410. The molecule has 3 heteroatoms. The van der Waals surface area contributed by atoms with Gasteiger partial charge in [0.15, 0.2) is 0 Å². The predicted octanol–water partition coefficient (Wildman–Crippen LogP) is 4.07. The Morgan fingerprint density at radius 2 is 1.68 bits per heavy atom. The maximum atomic E-state index is 10.2. The summed E-state index contributed by atoms with van der Waals surface area (Å²) in [6, 6.07) is 0. The van der Waals surface area contributed by atoms with E-state index < -0.39 is 0 Å². The summed E-state index contributed by atoms with van der Waals surface area (Å²) in [5, 5.41) is 20.0. The van der Waals surface area contributed by atoms with Crippen LogP contribution in [0.1, 0.15) is 71.6 Å². The monoisotopic (exact) mass is 347 g/mol. The van der Waals surface area contributed by atoms with Crippen molar-refractivity contribution in [3.8, 4) is 0 Å². The number of nitrogens with zero attached hydrogens (tertiary/aromatic N) is 1. The minimum absolute atomic E-state index is 0.0489. The first-order valence-electron chi connectivity index (χ1n) is 10.7. The Labute approximate surface area is 153 Å². The Morgan fingerprint density at radius 1 is 0.960 bits per heavy atom. The molecule has 4 fully saturated rings. The van der Waals surface area contributed by atoms with Gasteiger partial charge in [-0.1, -0.05) is 13.8 Å². The zero-order valence-corrected chi connectivity index (χ0v) is 16.4. The van der Waals surface area contributed by atoms with Crippen LogP contribution in [0.4, 0.5) is 0 Å². The van der Waals surface area contributed by atoms with Gasteiger partial charge in [0.05, 0.1) is 12.7 Å². The van der Waals surface area contributed by atoms with Crippen molar-refractivity contribution in [2.75, 3.05) is 13.7 Å². The molecule has 0 saturated heterocycles. The number of fused-ring (bicyclic) bond motifs is 5. The van der Waals surface area contributed by atoms with Gasteiger partial charge in [0.1, 0.15) is 0 Å². The van der Waals surface area contributed by atoms with Crippen LogP contribution < -0.4 is 0 Å². The molecule has 2 N–H and O–H groups in total. The van der Waals surface area contributed by atoms with E-state index in [1.54, 1.807) is 0 Å². The average molecular weight is 348 g/mol. The van der Waals surface area contributed by atoms with Crippen LogP contribution in [0.5, 0.6) is 0 Å². The van der Waals surface area contributed by atoms with Crippen LogP contribution in [0.25, 0.3) is 0 Å². The lowest BCUT2D eigenvalue weighted by Gasteiger charge is -2.61. The smallest absolute Gasteiger partial charge is 0.0812 e. The minimum atomic E-state index is -0.0489. The van der Waals surface area contributed by atoms with E-state index in [0.29, 0.717) is 16.7 Å². The summed E-state index contributed by atoms with van der Waals surface area (Å²) >= 11 is 0. The van der Waals surface area contributed by atoms with Gasteiger partial charge in [-0.05, 0) is 92.3 Å². The van der Waals surface area contributed by atoms with Crippen molar-refractivity contribution in [2.45, 2.75) is 77.7 Å². The number of aliphatic hydroxyl groups is 2. The molecule has 4 rings (SSSR count). The van der Waals surface area contributed by atoms with Gasteiger partial charge < -0.3 is 10.2 Å². The molecule has 0 aromatic heterocycles. The molecule has 25 heavy (non-hydrogen) atoms. The summed E-state index contributed by atoms with van der Waals surface area (Å²) in [6.45, 7) is 5.20. The van der Waals surface area contributed by atoms with Crippen LogP contribution in [0.2, 0.25) is 0 Å². The van der Waals surface area contributed by atoms with E-state index in [0.717, 1.165) is 42.2 Å². The molecule has 0 heterocycles. The fraction of sp³-hybridized carbons (Fsp3) is 0.955. The Balaban J connectivity index is 1.60. The molecule has 0 unspecified atom stereocenters. The normalized spacial score (nSPS) is 53.1. The van der Waals surface area contributed by atoms with E-state index in [2.05, 4.69) is 18.8 Å². The number of hydrogen-bond acceptors (Lipinski definition) is 3. The zero-order valence-electron chi connectivity index (χ0n) is 16.4. The first kappa shape index (κ1) is 18.0. The number of aliphatic imine (C=N–C) groups is 1. The lowest BCUT2D eigenvalue weighted by molar-refractivity contribution is -0.123. The molecule has 0 aromatic carbocycles. The van der Waals surface area contributed by atoms with E-state index in [-0.39, 0.29) is 12.7 Å². The van der Waals surface area contributed by atoms with Gasteiger partial charge in [-0.25, -0.2) is 0 Å². The lowest BCUT2D eigenvalue weighted by atomic mass is 9.44. The summed E-state index contributed by atoms with van der Waals surface area (Å²) < 4.78 is 0. The van der Waals surface area contributed by atoms with E-state index in [1.807, 2.05) is 7.05 Å². The second-order valence-corrected chi connectivity index (χ2v) is 10.1. The SMILES string of the molecule is CN=C(CO)[C@H]1CC[C@H]2[C@@H]3CC[C@H]4C[C@H](O)CC[C@]4(C)[C@H]3CC[C@]12C. The van der Waals surface area contributed by atoms with Crippen LogP contribution in [0.3, 0.4) is 0 Å². The third kappa shape index (κ3) is 2.56. The molecule has 0 bridgehead atoms. The highest BCUT2D eigenvalue weighted by Crippen LogP contribution is 2.67. The predicted molar refractivity (Wildman–Crippen MR) is 102 cm³/mol. The van der Waals surface area contributed by atoms with E-state index in [9.17, 15) is 10.2 Å². The summed E-state index contributed by atoms with van der Waals surface area (Å²) in [5.41, 5.74) is 1.85. The number of rotatable bonds is 2. The van der Waals surface area contributed by atoms with Crippen LogP contribution in [-0.4, -0.2) is 35.7 Å². The topological polar surface area (TPSA) is 52.8 Å². The van der Waals surface area contributed by atoms with Crippen molar-refractivity contribution < 1.29 is 10.2 Å². The van der Waals surface area contributed by atoms with E-state index in [1.165, 1.54) is 44.9 Å². The molecule has 4 aliphatic carbocycles. The summed E-state index contributed by atoms with van der Waals surface area (Å²) in [4.78, 5) is 4.46. The molecule has 8 atom stereocenters. The second-order valence-electron chi connectivity index (χ2n) is 10.1. The van der Waals surface area contributed by atoms with Crippen molar-refractivity contribution in [3.63, 3.8) is 0 Å². The quantitative estimate of drug-likeness (QED) is 0.740. The molecule has 4 aliphatic rings. The number of hydrogen-bond donors (Lipinski definition) is 2. The zero-order chi connectivity index (χ0) is 17.8. The molecule has 0 spiro atoms. The highest BCUT2D eigenvalue weighted by molar-refractivity contribution is 5.88. The standard InChI is InChI=1S/C22H37NO2/c1-21-10-8-15(25)12-14(21)4-5-16-17-6-7-19(20(13-24)23-3)22(17,2)11-9-18(16)21/h14-19,24-25H,4-13H2,1-3H3/t14-,15+,16-,17-,18-,19+,21-,22-/m0/s1. The van der Waals surface area contributed by atoms with Crippen molar-refractivity contribution >= 4 is 5.71 Å². The summed E-state index contributed by atoms with van der Waals surface area (Å²) in [6.07, 6.45) is 11.1. The maximum Gasteiger partial charge on any atom is 0.0812 e. The fourth-order valence-corrected chi connectivity index (χ4v) is 8.12. The molecule has 4 saturated carbocycles. The van der Waals surface area contributed by atoms with Gasteiger partial charge in [-0.15, -0.1) is 0 Å². The molecule has 0 amide bonds. The molecule has 3 nitrogen and oxygen atoms in total. The van der Waals surface area contributed by atoms with E-state index in [4.69, 9.17) is 0 Å². The van der Waals surface area contributed by atoms with Gasteiger partial charge in [-0.3, -0.25) is 4.99 Å². The van der Waals surface area contributed by atoms with Crippen molar-refractivity contribution in [1.29, 1.82) is 0 Å². The molecule has 0 aromatic rings. The average Bonchev–Trinajstić information content (AvgIpc) is 2.94. The summed E-state index contributed by atoms with van der Waals surface area (Å²) in [5.74, 6) is 3.75. The maximum absolute atomic E-state index is 10.2. The first-order valence-corrected chi connectivity index (χ1v) is 10.7. The van der Waals surface area contributed by atoms with Gasteiger partial charge in [0, 0.05) is 18.7 Å². The van der Waals surface area contributed by atoms with Gasteiger partial charge in [0.2, 0.25) is 0 Å². The molecule has 142 valence electrons. The van der Waals surface area contributed by atoms with Crippen molar-refractivity contribution in [2.24, 2.45) is 45.4 Å². The highest BCUT2D eigenvalue weighted by atomic mass is 16.3. The van der Waals surface area contributed by atoms with Crippen LogP contribution in [0, 0.1) is 40.4 Å². The van der Waals surface area contributed by atoms with Crippen LogP contribution in [0.15, 0.2) is 4.99 Å². The van der Waals surface area contributed by atoms with Crippen LogP contribution >= 0.6 is 0 Å². The Kier molecular flexibility index (Phi) is 4.56. The third-order valence-corrected chi connectivity index (χ3v) is 9.49. The largest absolute Gasteiger partial charge is 0.393 e. The van der Waals surface area contributed by atoms with Crippen molar-refractivity contribution in [3.05, 3.63) is 0 Å². The molecular weight excluding hydrogens is 310 g/mol. The van der Waals surface area contributed by atoms with Gasteiger partial charge in [0.25, 0.3) is 0 Å². The molecule has 0 radical (unpaired) electrons. The second kappa shape index (κ2) is 6.34. The van der Waals surface area contributed by atoms with Gasteiger partial charge in [-0.2, -0.15) is 0 Å². The van der Waals surface area contributed by atoms with E-state index >= 15 is 0 Å². The summed E-state index contributed by atoms with van der Waals surface area (Å²) in [7, 11) is 1.85. The van der Waals surface area contributed by atoms with Gasteiger partial charge >= 0.3 is 0 Å². The lowest BCUT2D eigenvalue weighted by Crippen LogP contribution is -2.54. The third-order valence-electron chi connectivity index (χ3n) is 9.49. The molecule has 0 aliphatic heterocycles. The van der Waals surface area contributed by atoms with Crippen LogP contribution in [-0.2, 0) is 0 Å². The Bertz CT molecular complexity index is 546. The first-order chi connectivity index (χ1) is 11.9. The fourth-order valence-electron chi connectivity index (χ4n) is 8.12. The highest BCUT2D eigenvalue weighted by Gasteiger charge is 2.60. The Morgan fingerprint density at radius 3 is 2.40 bits per heavy atom. The minimum Gasteiger partial charge on any atom is -0.393 e. The number of aliphatic hydroxyl groups excluding tert-OH is 2. The van der Waals surface area contributed by atoms with Crippen molar-refractivity contribution in [1.82, 2.24) is 0 Å². The molecular formula is C22H37NO2.